The Morgan fingerprint density at radius 1 is 1.31 bits per heavy atom. The van der Waals surface area contributed by atoms with Crippen molar-refractivity contribution in [3.05, 3.63) is 57.3 Å². The fourth-order valence-electron chi connectivity index (χ4n) is 2.37. The summed E-state index contributed by atoms with van der Waals surface area (Å²) in [5, 5.41) is 3.35. The van der Waals surface area contributed by atoms with Crippen molar-refractivity contribution < 1.29 is 9.18 Å². The van der Waals surface area contributed by atoms with E-state index >= 15 is 0 Å². The summed E-state index contributed by atoms with van der Waals surface area (Å²) in [5.74, 6) is 0.216. The van der Waals surface area contributed by atoms with Crippen LogP contribution >= 0.6 is 11.8 Å². The molecule has 0 atom stereocenters. The van der Waals surface area contributed by atoms with Crippen molar-refractivity contribution in [2.45, 2.75) is 32.3 Å². The minimum Gasteiger partial charge on any atom is -0.355 e. The van der Waals surface area contributed by atoms with Crippen LogP contribution in [0, 0.1) is 18.7 Å². The highest BCUT2D eigenvalue weighted by molar-refractivity contribution is 7.99. The number of hydrogen-bond donors (Lipinski definition) is 1. The highest BCUT2D eigenvalue weighted by atomic mass is 32.2. The first-order valence-corrected chi connectivity index (χ1v) is 9.47. The highest BCUT2D eigenvalue weighted by Gasteiger charge is 2.14. The molecule has 7 heteroatoms. The smallest absolute Gasteiger partial charge is 0.257 e. The summed E-state index contributed by atoms with van der Waals surface area (Å²) >= 11 is 1.24. The number of nitrogens with one attached hydrogen (secondary N) is 1. The van der Waals surface area contributed by atoms with Gasteiger partial charge in [-0.1, -0.05) is 37.7 Å². The number of carbonyl (C=O) groups is 1. The number of hydrogen-bond acceptors (Lipinski definition) is 4. The van der Waals surface area contributed by atoms with E-state index < -0.39 is 0 Å². The first-order valence-electron chi connectivity index (χ1n) is 8.48. The zero-order valence-corrected chi connectivity index (χ0v) is 16.3. The molecule has 26 heavy (non-hydrogen) atoms. The van der Waals surface area contributed by atoms with E-state index in [4.69, 9.17) is 0 Å². The third kappa shape index (κ3) is 5.42. The quantitative estimate of drug-likeness (QED) is 0.595. The Kier molecular flexibility index (Phi) is 6.97. The molecule has 0 saturated heterocycles. The molecule has 1 amide bonds. The summed E-state index contributed by atoms with van der Waals surface area (Å²) in [6.45, 7) is 6.47. The van der Waals surface area contributed by atoms with Crippen molar-refractivity contribution in [3.63, 3.8) is 0 Å². The van der Waals surface area contributed by atoms with Crippen molar-refractivity contribution in [1.82, 2.24) is 14.9 Å². The van der Waals surface area contributed by atoms with Crippen LogP contribution in [0.15, 0.2) is 34.2 Å². The number of benzene rings is 1. The number of carbonyl (C=O) groups excluding carboxylic acids is 1. The number of aromatic nitrogens is 2. The van der Waals surface area contributed by atoms with Gasteiger partial charge in [0, 0.05) is 31.3 Å². The Bertz CT molecular complexity index is 832. The molecule has 0 fully saturated rings. The Morgan fingerprint density at radius 3 is 2.58 bits per heavy atom. The van der Waals surface area contributed by atoms with E-state index in [2.05, 4.69) is 10.3 Å². The van der Waals surface area contributed by atoms with Crippen LogP contribution in [-0.2, 0) is 18.3 Å². The van der Waals surface area contributed by atoms with Gasteiger partial charge in [0.05, 0.1) is 5.75 Å². The van der Waals surface area contributed by atoms with Gasteiger partial charge in [0.15, 0.2) is 5.16 Å². The van der Waals surface area contributed by atoms with E-state index in [0.717, 1.165) is 5.56 Å². The molecule has 1 N–H and O–H groups in total. The molecule has 0 radical (unpaired) electrons. The van der Waals surface area contributed by atoms with Gasteiger partial charge in [-0.05, 0) is 30.5 Å². The normalized spacial score (nSPS) is 11.0. The Hall–Kier alpha value is -2.15. The standard InChI is InChI=1S/C19H24FN3O2S/c1-12(2)10-21-17(24)11-26-19-22-13(3)16(18(25)23(19)4)9-14-5-7-15(20)8-6-14/h5-8,12H,9-11H2,1-4H3,(H,21,24). The van der Waals surface area contributed by atoms with Crippen LogP contribution in [0.25, 0.3) is 0 Å². The fourth-order valence-corrected chi connectivity index (χ4v) is 3.21. The molecule has 0 bridgehead atoms. The number of halogens is 1. The first kappa shape index (κ1) is 20.2. The molecule has 0 aliphatic rings. The van der Waals surface area contributed by atoms with E-state index in [1.165, 1.54) is 28.5 Å². The molecule has 2 rings (SSSR count). The second-order valence-electron chi connectivity index (χ2n) is 6.61. The first-order chi connectivity index (χ1) is 12.3. The van der Waals surface area contributed by atoms with Crippen LogP contribution in [-0.4, -0.2) is 27.8 Å². The Labute approximate surface area is 157 Å². The molecule has 0 unspecified atom stereocenters. The van der Waals surface area contributed by atoms with Crippen LogP contribution in [0.4, 0.5) is 4.39 Å². The third-order valence-corrected chi connectivity index (χ3v) is 4.91. The number of nitrogens with zero attached hydrogens (tertiary/aromatic N) is 2. The van der Waals surface area contributed by atoms with Crippen LogP contribution in [0.2, 0.25) is 0 Å². The summed E-state index contributed by atoms with van der Waals surface area (Å²) in [6.07, 6.45) is 0.394. The molecule has 1 aromatic carbocycles. The van der Waals surface area contributed by atoms with Crippen molar-refractivity contribution in [3.8, 4) is 0 Å². The van der Waals surface area contributed by atoms with Gasteiger partial charge < -0.3 is 5.32 Å². The van der Waals surface area contributed by atoms with Crippen molar-refractivity contribution in [2.24, 2.45) is 13.0 Å². The lowest BCUT2D eigenvalue weighted by molar-refractivity contribution is -0.118. The van der Waals surface area contributed by atoms with E-state index in [-0.39, 0.29) is 23.0 Å². The molecule has 2 aromatic rings. The fraction of sp³-hybridized carbons (Fsp3) is 0.421. The zero-order chi connectivity index (χ0) is 19.3. The third-order valence-electron chi connectivity index (χ3n) is 3.88. The zero-order valence-electron chi connectivity index (χ0n) is 15.5. The maximum atomic E-state index is 13.0. The number of amides is 1. The maximum absolute atomic E-state index is 13.0. The molecule has 0 aliphatic carbocycles. The second kappa shape index (κ2) is 8.98. The summed E-state index contributed by atoms with van der Waals surface area (Å²) in [5.41, 5.74) is 1.91. The van der Waals surface area contributed by atoms with Gasteiger partial charge >= 0.3 is 0 Å². The molecular weight excluding hydrogens is 353 g/mol. The molecular formula is C19H24FN3O2S. The molecule has 5 nitrogen and oxygen atoms in total. The average Bonchev–Trinajstić information content (AvgIpc) is 2.60. The van der Waals surface area contributed by atoms with Crippen LogP contribution in [0.3, 0.4) is 0 Å². The van der Waals surface area contributed by atoms with E-state index in [1.807, 2.05) is 13.8 Å². The molecule has 140 valence electrons. The minimum absolute atomic E-state index is 0.0778. The molecule has 0 aliphatic heterocycles. The maximum Gasteiger partial charge on any atom is 0.257 e. The topological polar surface area (TPSA) is 64.0 Å². The van der Waals surface area contributed by atoms with Gasteiger partial charge in [-0.2, -0.15) is 0 Å². The Morgan fingerprint density at radius 2 is 1.96 bits per heavy atom. The molecule has 0 spiro atoms. The van der Waals surface area contributed by atoms with Crippen LogP contribution < -0.4 is 10.9 Å². The monoisotopic (exact) mass is 377 g/mol. The molecule has 0 saturated carbocycles. The number of aryl methyl sites for hydroxylation is 1. The average molecular weight is 377 g/mol. The summed E-state index contributed by atoms with van der Waals surface area (Å²) in [4.78, 5) is 29.0. The predicted molar refractivity (Wildman–Crippen MR) is 102 cm³/mol. The largest absolute Gasteiger partial charge is 0.355 e. The van der Waals surface area contributed by atoms with E-state index in [9.17, 15) is 14.0 Å². The van der Waals surface area contributed by atoms with Gasteiger partial charge in [-0.3, -0.25) is 14.2 Å². The molecule has 1 aromatic heterocycles. The van der Waals surface area contributed by atoms with Gasteiger partial charge in [0.2, 0.25) is 5.91 Å². The second-order valence-corrected chi connectivity index (χ2v) is 7.55. The van der Waals surface area contributed by atoms with Crippen LogP contribution in [0.1, 0.15) is 30.7 Å². The lowest BCUT2D eigenvalue weighted by atomic mass is 10.1. The lowest BCUT2D eigenvalue weighted by Gasteiger charge is -2.12. The van der Waals surface area contributed by atoms with Gasteiger partial charge in [0.25, 0.3) is 5.56 Å². The predicted octanol–water partition coefficient (Wildman–Crippen LogP) is 2.68. The number of rotatable bonds is 7. The summed E-state index contributed by atoms with van der Waals surface area (Å²) in [6, 6.07) is 6.08. The summed E-state index contributed by atoms with van der Waals surface area (Å²) < 4.78 is 14.5. The SMILES string of the molecule is Cc1nc(SCC(=O)NCC(C)C)n(C)c(=O)c1Cc1ccc(F)cc1. The van der Waals surface area contributed by atoms with Crippen molar-refractivity contribution in [2.75, 3.05) is 12.3 Å². The van der Waals surface area contributed by atoms with E-state index in [0.29, 0.717) is 35.3 Å². The van der Waals surface area contributed by atoms with Gasteiger partial charge in [-0.15, -0.1) is 0 Å². The van der Waals surface area contributed by atoms with Gasteiger partial charge in [0.1, 0.15) is 5.82 Å². The van der Waals surface area contributed by atoms with Crippen LogP contribution in [0.5, 0.6) is 0 Å². The Balaban J connectivity index is 2.13. The van der Waals surface area contributed by atoms with E-state index in [1.54, 1.807) is 26.1 Å². The van der Waals surface area contributed by atoms with Crippen molar-refractivity contribution >= 4 is 17.7 Å². The summed E-state index contributed by atoms with van der Waals surface area (Å²) in [7, 11) is 1.65. The van der Waals surface area contributed by atoms with Gasteiger partial charge in [-0.25, -0.2) is 9.37 Å². The molecule has 1 heterocycles. The highest BCUT2D eigenvalue weighted by Crippen LogP contribution is 2.16. The minimum atomic E-state index is -0.306. The number of thioether (sulfide) groups is 1. The lowest BCUT2D eigenvalue weighted by Crippen LogP contribution is -2.30. The van der Waals surface area contributed by atoms with Crippen molar-refractivity contribution in [1.29, 1.82) is 0 Å².